The number of nitrogens with zero attached hydrogens (tertiary/aromatic N) is 2. The minimum Gasteiger partial charge on any atom is -0.413 e. The normalized spacial score (nSPS) is 17.7. The molecule has 0 spiro atoms. The van der Waals surface area contributed by atoms with Gasteiger partial charge in [-0.1, -0.05) is 26.8 Å². The lowest BCUT2D eigenvalue weighted by Crippen LogP contribution is -2.11. The lowest BCUT2D eigenvalue weighted by atomic mass is 9.87. The highest BCUT2D eigenvalue weighted by atomic mass is 15.4. The van der Waals surface area contributed by atoms with E-state index in [9.17, 15) is 0 Å². The summed E-state index contributed by atoms with van der Waals surface area (Å²) in [6.07, 6.45) is 5.73. The molecule has 1 rings (SSSR count). The fraction of sp³-hybridized carbons (Fsp3) is 0.444. The molecule has 2 heteroatoms. The van der Waals surface area contributed by atoms with Crippen molar-refractivity contribution >= 4 is 6.72 Å². The molecule has 0 fully saturated rings. The zero-order valence-corrected chi connectivity index (χ0v) is 7.33. The van der Waals surface area contributed by atoms with E-state index in [1.54, 1.807) is 10.9 Å². The Morgan fingerprint density at radius 1 is 1.45 bits per heavy atom. The first-order valence-electron chi connectivity index (χ1n) is 3.69. The third-order valence-corrected chi connectivity index (χ3v) is 1.62. The largest absolute Gasteiger partial charge is 0.413 e. The maximum atomic E-state index is 3.96. The summed E-state index contributed by atoms with van der Waals surface area (Å²) in [7, 11) is 0. The van der Waals surface area contributed by atoms with Crippen LogP contribution in [0.25, 0.3) is 5.43 Å². The van der Waals surface area contributed by atoms with Crippen LogP contribution >= 0.6 is 0 Å². The predicted octanol–water partition coefficient (Wildman–Crippen LogP) is 2.45. The van der Waals surface area contributed by atoms with Crippen LogP contribution in [0.2, 0.25) is 0 Å². The standard InChI is InChI=1S/C9H14N2/c1-9(2,3)8-5-6-10-11(4)7-8/h5-7H,4H2,1-3H3. The lowest BCUT2D eigenvalue weighted by molar-refractivity contribution is -0.388. The number of rotatable bonds is 0. The molecule has 2 nitrogen and oxygen atoms in total. The van der Waals surface area contributed by atoms with E-state index in [1.165, 1.54) is 5.57 Å². The van der Waals surface area contributed by atoms with E-state index in [4.69, 9.17) is 0 Å². The van der Waals surface area contributed by atoms with Crippen molar-refractivity contribution in [1.29, 1.82) is 0 Å². The van der Waals surface area contributed by atoms with Gasteiger partial charge in [0.15, 0.2) is 6.20 Å². The van der Waals surface area contributed by atoms with Crippen molar-refractivity contribution in [3.05, 3.63) is 29.5 Å². The Morgan fingerprint density at radius 2 is 2.09 bits per heavy atom. The molecular weight excluding hydrogens is 136 g/mol. The molecular formula is C9H14N2. The number of hydrogen-bond acceptors (Lipinski definition) is 0. The topological polar surface area (TPSA) is 17.1 Å². The van der Waals surface area contributed by atoms with Gasteiger partial charge in [0.1, 0.15) is 6.72 Å². The van der Waals surface area contributed by atoms with Crippen LogP contribution in [0.4, 0.5) is 0 Å². The first-order chi connectivity index (χ1) is 5.00. The molecule has 0 aromatic heterocycles. The monoisotopic (exact) mass is 150 g/mol. The van der Waals surface area contributed by atoms with Gasteiger partial charge in [-0.3, -0.25) is 0 Å². The van der Waals surface area contributed by atoms with Gasteiger partial charge in [0.05, 0.1) is 0 Å². The minimum atomic E-state index is 0.183. The lowest BCUT2D eigenvalue weighted by Gasteiger charge is -2.23. The second kappa shape index (κ2) is 2.53. The molecule has 0 saturated heterocycles. The van der Waals surface area contributed by atoms with Crippen LogP contribution in [0.3, 0.4) is 0 Å². The van der Waals surface area contributed by atoms with E-state index >= 15 is 0 Å². The highest BCUT2D eigenvalue weighted by Gasteiger charge is 2.17. The van der Waals surface area contributed by atoms with Crippen molar-refractivity contribution in [2.45, 2.75) is 20.8 Å². The SMILES string of the molecule is C=[N+]1C=C(C(C)(C)C)C=C[N-]1. The van der Waals surface area contributed by atoms with Crippen molar-refractivity contribution in [3.63, 3.8) is 0 Å². The Bertz CT molecular complexity index is 228. The second-order valence-corrected chi connectivity index (χ2v) is 3.71. The van der Waals surface area contributed by atoms with Gasteiger partial charge in [-0.2, -0.15) is 0 Å². The van der Waals surface area contributed by atoms with Gasteiger partial charge in [-0.25, -0.2) is 4.68 Å². The first kappa shape index (κ1) is 8.05. The maximum Gasteiger partial charge on any atom is 0.167 e. The summed E-state index contributed by atoms with van der Waals surface area (Å²) in [5, 5.41) is 0. The van der Waals surface area contributed by atoms with Crippen molar-refractivity contribution in [2.75, 3.05) is 0 Å². The smallest absolute Gasteiger partial charge is 0.167 e. The third kappa shape index (κ3) is 1.93. The van der Waals surface area contributed by atoms with E-state index in [0.717, 1.165) is 0 Å². The van der Waals surface area contributed by atoms with Crippen LogP contribution in [0.1, 0.15) is 20.8 Å². The summed E-state index contributed by atoms with van der Waals surface area (Å²) in [5.41, 5.74) is 5.39. The van der Waals surface area contributed by atoms with E-state index in [-0.39, 0.29) is 5.41 Å². The zero-order valence-electron chi connectivity index (χ0n) is 7.33. The molecule has 0 radical (unpaired) electrons. The van der Waals surface area contributed by atoms with Gasteiger partial charge in [0.2, 0.25) is 0 Å². The van der Waals surface area contributed by atoms with Crippen LogP contribution in [0.5, 0.6) is 0 Å². The van der Waals surface area contributed by atoms with Crippen LogP contribution in [-0.2, 0) is 0 Å². The Labute approximate surface area is 67.9 Å². The Morgan fingerprint density at radius 3 is 2.45 bits per heavy atom. The van der Waals surface area contributed by atoms with Gasteiger partial charge in [0, 0.05) is 5.57 Å². The summed E-state index contributed by atoms with van der Waals surface area (Å²) in [6.45, 7) is 10.2. The van der Waals surface area contributed by atoms with Crippen LogP contribution in [0.15, 0.2) is 24.0 Å². The Kier molecular flexibility index (Phi) is 1.85. The van der Waals surface area contributed by atoms with Crippen molar-refractivity contribution in [3.8, 4) is 0 Å². The van der Waals surface area contributed by atoms with Gasteiger partial charge in [0.25, 0.3) is 0 Å². The van der Waals surface area contributed by atoms with Gasteiger partial charge < -0.3 is 5.43 Å². The third-order valence-electron chi connectivity index (χ3n) is 1.62. The molecule has 0 aliphatic carbocycles. The molecule has 1 heterocycles. The molecule has 0 N–H and O–H groups in total. The Balaban J connectivity index is 2.88. The van der Waals surface area contributed by atoms with Crippen LogP contribution in [-0.4, -0.2) is 11.4 Å². The Hall–Kier alpha value is -1.05. The minimum absolute atomic E-state index is 0.183. The molecule has 0 bridgehead atoms. The molecule has 0 unspecified atom stereocenters. The van der Waals surface area contributed by atoms with Gasteiger partial charge in [-0.05, 0) is 5.41 Å². The zero-order chi connectivity index (χ0) is 8.48. The summed E-state index contributed by atoms with van der Waals surface area (Å²) >= 11 is 0. The molecule has 0 aromatic carbocycles. The van der Waals surface area contributed by atoms with Crippen molar-refractivity contribution in [2.24, 2.45) is 5.41 Å². The molecule has 1 aliphatic heterocycles. The van der Waals surface area contributed by atoms with Crippen molar-refractivity contribution < 1.29 is 4.68 Å². The number of allylic oxidation sites excluding steroid dienone is 2. The molecule has 0 aromatic rings. The molecule has 1 aliphatic rings. The molecule has 11 heavy (non-hydrogen) atoms. The second-order valence-electron chi connectivity index (χ2n) is 3.71. The molecule has 60 valence electrons. The van der Waals surface area contributed by atoms with Crippen LogP contribution < -0.4 is 0 Å². The van der Waals surface area contributed by atoms with E-state index in [0.29, 0.717) is 0 Å². The van der Waals surface area contributed by atoms with E-state index < -0.39 is 0 Å². The van der Waals surface area contributed by atoms with E-state index in [1.807, 2.05) is 12.3 Å². The molecule has 0 amide bonds. The average molecular weight is 150 g/mol. The fourth-order valence-electron chi connectivity index (χ4n) is 0.880. The highest BCUT2D eigenvalue weighted by molar-refractivity contribution is 5.29. The molecule has 0 saturated carbocycles. The quantitative estimate of drug-likeness (QED) is 0.472. The maximum absolute atomic E-state index is 3.96. The summed E-state index contributed by atoms with van der Waals surface area (Å²) < 4.78 is 1.58. The molecule has 0 atom stereocenters. The van der Waals surface area contributed by atoms with Crippen LogP contribution in [0, 0.1) is 5.41 Å². The first-order valence-corrected chi connectivity index (χ1v) is 3.69. The highest BCUT2D eigenvalue weighted by Crippen LogP contribution is 2.28. The summed E-state index contributed by atoms with van der Waals surface area (Å²) in [4.78, 5) is 0. The predicted molar refractivity (Wildman–Crippen MR) is 47.4 cm³/mol. The van der Waals surface area contributed by atoms with Gasteiger partial charge >= 0.3 is 0 Å². The average Bonchev–Trinajstić information content (AvgIpc) is 1.86. The summed E-state index contributed by atoms with van der Waals surface area (Å²) in [6, 6.07) is 0. The van der Waals surface area contributed by atoms with Gasteiger partial charge in [-0.15, -0.1) is 6.20 Å². The number of hydrogen-bond donors (Lipinski definition) is 0. The van der Waals surface area contributed by atoms with E-state index in [2.05, 4.69) is 32.9 Å². The summed E-state index contributed by atoms with van der Waals surface area (Å²) in [5.74, 6) is 0. The van der Waals surface area contributed by atoms with Crippen molar-refractivity contribution in [1.82, 2.24) is 0 Å². The fourth-order valence-corrected chi connectivity index (χ4v) is 0.880.